The SMILES string of the molecule is COC(=O)[C@H](CSC(=O)c1cccc(C(F)(F)F)c1)NC(=O)c1cccc(C(F)(F)F)c1. The lowest BCUT2D eigenvalue weighted by Gasteiger charge is -2.16. The molecule has 1 atom stereocenters. The van der Waals surface area contributed by atoms with Crippen LogP contribution in [0.5, 0.6) is 0 Å². The zero-order valence-corrected chi connectivity index (χ0v) is 17.0. The number of esters is 1. The molecule has 0 aliphatic rings. The molecule has 0 aliphatic carbocycles. The number of ether oxygens (including phenoxy) is 1. The molecule has 0 saturated carbocycles. The number of hydrogen-bond acceptors (Lipinski definition) is 5. The van der Waals surface area contributed by atoms with Gasteiger partial charge in [-0.15, -0.1) is 0 Å². The number of carbonyl (C=O) groups excluding carboxylic acids is 3. The third kappa shape index (κ3) is 6.74. The largest absolute Gasteiger partial charge is 0.467 e. The summed E-state index contributed by atoms with van der Waals surface area (Å²) in [5.41, 5.74) is -2.78. The maximum Gasteiger partial charge on any atom is 0.416 e. The van der Waals surface area contributed by atoms with Gasteiger partial charge in [-0.2, -0.15) is 26.3 Å². The van der Waals surface area contributed by atoms with Gasteiger partial charge in [0.1, 0.15) is 6.04 Å². The fourth-order valence-corrected chi connectivity index (χ4v) is 3.29. The van der Waals surface area contributed by atoms with Gasteiger partial charge in [0, 0.05) is 16.9 Å². The Bertz CT molecular complexity index is 1010. The van der Waals surface area contributed by atoms with Crippen LogP contribution in [0.1, 0.15) is 31.8 Å². The van der Waals surface area contributed by atoms with Crippen molar-refractivity contribution >= 4 is 28.8 Å². The van der Waals surface area contributed by atoms with E-state index in [1.165, 1.54) is 0 Å². The molecule has 1 N–H and O–H groups in total. The van der Waals surface area contributed by atoms with E-state index >= 15 is 0 Å². The summed E-state index contributed by atoms with van der Waals surface area (Å²) in [6, 6.07) is 5.64. The first-order valence-corrected chi connectivity index (χ1v) is 9.72. The van der Waals surface area contributed by atoms with Crippen LogP contribution in [0.2, 0.25) is 0 Å². The molecule has 0 saturated heterocycles. The summed E-state index contributed by atoms with van der Waals surface area (Å²) in [6.07, 6.45) is -9.35. The molecule has 172 valence electrons. The second-order valence-electron chi connectivity index (χ2n) is 6.30. The molecule has 5 nitrogen and oxygen atoms in total. The summed E-state index contributed by atoms with van der Waals surface area (Å²) in [4.78, 5) is 36.5. The molecule has 32 heavy (non-hydrogen) atoms. The molecule has 1 amide bonds. The average Bonchev–Trinajstić information content (AvgIpc) is 2.74. The van der Waals surface area contributed by atoms with Crippen LogP contribution < -0.4 is 5.32 Å². The van der Waals surface area contributed by atoms with E-state index in [0.717, 1.165) is 43.5 Å². The van der Waals surface area contributed by atoms with Gasteiger partial charge >= 0.3 is 18.3 Å². The van der Waals surface area contributed by atoms with Gasteiger partial charge in [0.15, 0.2) is 0 Å². The normalized spacial score (nSPS) is 12.7. The van der Waals surface area contributed by atoms with Gasteiger partial charge < -0.3 is 10.1 Å². The van der Waals surface area contributed by atoms with E-state index in [-0.39, 0.29) is 11.1 Å². The molecule has 2 rings (SSSR count). The zero-order chi connectivity index (χ0) is 24.1. The van der Waals surface area contributed by atoms with Crippen LogP contribution in [-0.4, -0.2) is 35.9 Å². The van der Waals surface area contributed by atoms with Crippen molar-refractivity contribution in [2.45, 2.75) is 18.4 Å². The highest BCUT2D eigenvalue weighted by Crippen LogP contribution is 2.31. The van der Waals surface area contributed by atoms with Crippen molar-refractivity contribution in [2.75, 3.05) is 12.9 Å². The van der Waals surface area contributed by atoms with Crippen molar-refractivity contribution in [2.24, 2.45) is 0 Å². The van der Waals surface area contributed by atoms with E-state index < -0.39 is 52.3 Å². The zero-order valence-electron chi connectivity index (χ0n) is 16.2. The predicted molar refractivity (Wildman–Crippen MR) is 103 cm³/mol. The molecule has 0 aromatic heterocycles. The molecule has 0 heterocycles. The van der Waals surface area contributed by atoms with E-state index in [9.17, 15) is 40.7 Å². The van der Waals surface area contributed by atoms with Crippen molar-refractivity contribution < 1.29 is 45.5 Å². The Morgan fingerprint density at radius 2 is 1.41 bits per heavy atom. The highest BCUT2D eigenvalue weighted by atomic mass is 32.2. The minimum absolute atomic E-state index is 0.280. The Labute approximate surface area is 182 Å². The summed E-state index contributed by atoms with van der Waals surface area (Å²) in [5.74, 6) is -2.44. The third-order valence-electron chi connectivity index (χ3n) is 4.05. The van der Waals surface area contributed by atoms with Crippen LogP contribution >= 0.6 is 11.8 Å². The Morgan fingerprint density at radius 1 is 0.906 bits per heavy atom. The molecule has 2 aromatic rings. The van der Waals surface area contributed by atoms with Gasteiger partial charge in [0.2, 0.25) is 5.12 Å². The summed E-state index contributed by atoms with van der Waals surface area (Å²) >= 11 is 0.443. The topological polar surface area (TPSA) is 72.5 Å². The molecule has 0 radical (unpaired) electrons. The predicted octanol–water partition coefficient (Wildman–Crippen LogP) is 4.57. The van der Waals surface area contributed by atoms with E-state index in [2.05, 4.69) is 10.1 Å². The van der Waals surface area contributed by atoms with Crippen molar-refractivity contribution in [3.8, 4) is 0 Å². The first-order valence-electron chi connectivity index (χ1n) is 8.73. The molecule has 0 aliphatic heterocycles. The van der Waals surface area contributed by atoms with Crippen LogP contribution in [0, 0.1) is 0 Å². The molecule has 0 fully saturated rings. The Hall–Kier alpha value is -3.02. The summed E-state index contributed by atoms with van der Waals surface area (Å²) in [7, 11) is 0.991. The number of halogens is 6. The second kappa shape index (κ2) is 10.1. The van der Waals surface area contributed by atoms with Crippen LogP contribution in [0.4, 0.5) is 26.3 Å². The van der Waals surface area contributed by atoms with E-state index in [1.54, 1.807) is 0 Å². The summed E-state index contributed by atoms with van der Waals surface area (Å²) in [6.45, 7) is 0. The number of alkyl halides is 6. The second-order valence-corrected chi connectivity index (χ2v) is 7.30. The number of methoxy groups -OCH3 is 1. The molecular weight excluding hydrogens is 464 g/mol. The highest BCUT2D eigenvalue weighted by molar-refractivity contribution is 8.14. The van der Waals surface area contributed by atoms with Crippen LogP contribution in [-0.2, 0) is 21.9 Å². The lowest BCUT2D eigenvalue weighted by atomic mass is 10.1. The van der Waals surface area contributed by atoms with E-state index in [0.29, 0.717) is 23.9 Å². The standard InChI is InChI=1S/C20H15F6NO4S/c1-31-17(29)15(27-16(28)11-4-2-6-13(8-11)19(21,22)23)10-32-18(30)12-5-3-7-14(9-12)20(24,25)26/h2-9,15H,10H2,1H3,(H,27,28)/t15-/m0/s1. The molecule has 2 aromatic carbocycles. The number of carbonyl (C=O) groups is 3. The Morgan fingerprint density at radius 3 is 1.91 bits per heavy atom. The quantitative estimate of drug-likeness (QED) is 0.486. The summed E-state index contributed by atoms with van der Waals surface area (Å²) in [5, 5.41) is 1.36. The Kier molecular flexibility index (Phi) is 7.94. The Balaban J connectivity index is 2.12. The number of rotatable bonds is 6. The van der Waals surface area contributed by atoms with Gasteiger partial charge in [-0.05, 0) is 30.3 Å². The minimum atomic E-state index is -4.69. The number of amides is 1. The molecule has 0 spiro atoms. The first kappa shape index (κ1) is 25.2. The fraction of sp³-hybridized carbons (Fsp3) is 0.250. The first-order chi connectivity index (χ1) is 14.8. The van der Waals surface area contributed by atoms with Crippen LogP contribution in [0.25, 0.3) is 0 Å². The lowest BCUT2D eigenvalue weighted by Crippen LogP contribution is -2.43. The maximum absolute atomic E-state index is 12.8. The number of nitrogens with one attached hydrogen (secondary N) is 1. The van der Waals surface area contributed by atoms with Crippen molar-refractivity contribution in [1.29, 1.82) is 0 Å². The maximum atomic E-state index is 12.8. The van der Waals surface area contributed by atoms with Crippen LogP contribution in [0.15, 0.2) is 48.5 Å². The number of benzene rings is 2. The van der Waals surface area contributed by atoms with Gasteiger partial charge in [-0.3, -0.25) is 9.59 Å². The molecule has 12 heteroatoms. The van der Waals surface area contributed by atoms with Crippen molar-refractivity contribution in [3.63, 3.8) is 0 Å². The van der Waals surface area contributed by atoms with Crippen LogP contribution in [0.3, 0.4) is 0 Å². The van der Waals surface area contributed by atoms with E-state index in [4.69, 9.17) is 0 Å². The van der Waals surface area contributed by atoms with Gasteiger partial charge in [0.05, 0.1) is 18.2 Å². The van der Waals surface area contributed by atoms with Gasteiger partial charge in [-0.25, -0.2) is 4.79 Å². The van der Waals surface area contributed by atoms with E-state index in [1.807, 2.05) is 0 Å². The van der Waals surface area contributed by atoms with Crippen molar-refractivity contribution in [3.05, 3.63) is 70.8 Å². The smallest absolute Gasteiger partial charge is 0.416 e. The molecular formula is C20H15F6NO4S. The summed E-state index contributed by atoms with van der Waals surface area (Å²) < 4.78 is 81.4. The lowest BCUT2D eigenvalue weighted by molar-refractivity contribution is -0.142. The van der Waals surface area contributed by atoms with Gasteiger partial charge in [-0.1, -0.05) is 30.0 Å². The monoisotopic (exact) mass is 479 g/mol. The van der Waals surface area contributed by atoms with Crippen molar-refractivity contribution in [1.82, 2.24) is 5.32 Å². The van der Waals surface area contributed by atoms with Gasteiger partial charge in [0.25, 0.3) is 5.91 Å². The molecule has 0 bridgehead atoms. The number of thioether (sulfide) groups is 1. The highest BCUT2D eigenvalue weighted by Gasteiger charge is 2.32. The minimum Gasteiger partial charge on any atom is -0.467 e. The number of hydrogen-bond donors (Lipinski definition) is 1. The fourth-order valence-electron chi connectivity index (χ4n) is 2.45. The average molecular weight is 479 g/mol. The third-order valence-corrected chi connectivity index (χ3v) is 5.05. The molecule has 0 unspecified atom stereocenters.